The van der Waals surface area contributed by atoms with Crippen LogP contribution in [0.2, 0.25) is 0 Å². The van der Waals surface area contributed by atoms with Gasteiger partial charge in [0.15, 0.2) is 0 Å². The second-order valence-corrected chi connectivity index (χ2v) is 5.77. The van der Waals surface area contributed by atoms with Crippen molar-refractivity contribution in [1.82, 2.24) is 9.97 Å². The highest BCUT2D eigenvalue weighted by Gasteiger charge is 2.18. The summed E-state index contributed by atoms with van der Waals surface area (Å²) in [7, 11) is 0. The van der Waals surface area contributed by atoms with E-state index in [1.807, 2.05) is 6.20 Å². The Balaban J connectivity index is 2.03. The highest BCUT2D eigenvalue weighted by Crippen LogP contribution is 2.27. The molecular formula is C18H27N3O. The highest BCUT2D eigenvalue weighted by molar-refractivity contribution is 5.39. The number of rotatable bonds is 9. The van der Waals surface area contributed by atoms with Crippen molar-refractivity contribution in [3.8, 4) is 0 Å². The minimum absolute atomic E-state index is 0.205. The number of ether oxygens (including phenoxy) is 1. The van der Waals surface area contributed by atoms with Gasteiger partial charge < -0.3 is 15.5 Å². The molecule has 2 rings (SSSR count). The van der Waals surface area contributed by atoms with Crippen molar-refractivity contribution in [3.05, 3.63) is 53.1 Å². The molecule has 4 nitrogen and oxygen atoms in total. The summed E-state index contributed by atoms with van der Waals surface area (Å²) < 4.78 is 5.93. The van der Waals surface area contributed by atoms with Gasteiger partial charge in [-0.1, -0.05) is 18.2 Å². The van der Waals surface area contributed by atoms with Gasteiger partial charge >= 0.3 is 0 Å². The first-order valence-corrected chi connectivity index (χ1v) is 8.06. The first-order chi connectivity index (χ1) is 10.7. The summed E-state index contributed by atoms with van der Waals surface area (Å²) in [4.78, 5) is 7.40. The Kier molecular flexibility index (Phi) is 6.62. The second-order valence-electron chi connectivity index (χ2n) is 5.77. The van der Waals surface area contributed by atoms with Gasteiger partial charge in [0.1, 0.15) is 0 Å². The number of hydrogen-bond acceptors (Lipinski definition) is 3. The van der Waals surface area contributed by atoms with E-state index in [4.69, 9.17) is 10.5 Å². The molecule has 0 spiro atoms. The molecule has 1 aromatic carbocycles. The van der Waals surface area contributed by atoms with Gasteiger partial charge in [0.05, 0.1) is 12.9 Å². The number of aromatic nitrogens is 2. The van der Waals surface area contributed by atoms with Crippen LogP contribution in [0.25, 0.3) is 0 Å². The molecule has 0 amide bonds. The van der Waals surface area contributed by atoms with Crippen molar-refractivity contribution in [2.45, 2.75) is 39.0 Å². The lowest BCUT2D eigenvalue weighted by atomic mass is 9.91. The summed E-state index contributed by atoms with van der Waals surface area (Å²) in [5.41, 5.74) is 10.6. The molecule has 1 atom stereocenters. The van der Waals surface area contributed by atoms with E-state index in [9.17, 15) is 0 Å². The fourth-order valence-corrected chi connectivity index (χ4v) is 2.68. The van der Waals surface area contributed by atoms with Crippen molar-refractivity contribution in [1.29, 1.82) is 0 Å². The molecule has 3 N–H and O–H groups in total. The number of imidazole rings is 1. The van der Waals surface area contributed by atoms with E-state index in [1.165, 1.54) is 16.7 Å². The lowest BCUT2D eigenvalue weighted by Gasteiger charge is -2.19. The number of H-pyrrole nitrogens is 1. The number of nitrogens with zero attached hydrogens (tertiary/aromatic N) is 1. The van der Waals surface area contributed by atoms with Crippen molar-refractivity contribution in [2.24, 2.45) is 5.73 Å². The van der Waals surface area contributed by atoms with Gasteiger partial charge in [-0.3, -0.25) is 0 Å². The largest absolute Gasteiger partial charge is 0.380 e. The molecule has 0 aliphatic rings. The van der Waals surface area contributed by atoms with Crippen LogP contribution in [-0.2, 0) is 4.74 Å². The fraction of sp³-hybridized carbons (Fsp3) is 0.500. The Morgan fingerprint density at radius 1 is 1.23 bits per heavy atom. The summed E-state index contributed by atoms with van der Waals surface area (Å²) in [6.07, 6.45) is 6.90. The van der Waals surface area contributed by atoms with Crippen molar-refractivity contribution in [3.63, 3.8) is 0 Å². The van der Waals surface area contributed by atoms with Gasteiger partial charge in [-0.05, 0) is 56.3 Å². The molecule has 1 aromatic heterocycles. The van der Waals surface area contributed by atoms with Gasteiger partial charge in [-0.25, -0.2) is 4.98 Å². The molecule has 0 fully saturated rings. The maximum Gasteiger partial charge on any atom is 0.0921 e. The van der Waals surface area contributed by atoms with Crippen LogP contribution in [-0.4, -0.2) is 29.7 Å². The molecule has 1 heterocycles. The number of aryl methyl sites for hydroxylation is 1. The van der Waals surface area contributed by atoms with Crippen molar-refractivity contribution < 1.29 is 4.74 Å². The third-order valence-electron chi connectivity index (χ3n) is 4.19. The lowest BCUT2D eigenvalue weighted by molar-refractivity contribution is 0.122. The van der Waals surface area contributed by atoms with Crippen LogP contribution in [0.15, 0.2) is 30.7 Å². The second kappa shape index (κ2) is 8.71. The third kappa shape index (κ3) is 4.42. The molecule has 0 saturated heterocycles. The number of nitrogens with one attached hydrogen (secondary N) is 1. The normalized spacial score (nSPS) is 12.5. The lowest BCUT2D eigenvalue weighted by Crippen LogP contribution is -2.13. The summed E-state index contributed by atoms with van der Waals surface area (Å²) >= 11 is 0. The predicted molar refractivity (Wildman–Crippen MR) is 90.1 cm³/mol. The third-order valence-corrected chi connectivity index (χ3v) is 4.19. The van der Waals surface area contributed by atoms with E-state index in [-0.39, 0.29) is 5.92 Å². The van der Waals surface area contributed by atoms with Gasteiger partial charge in [-0.2, -0.15) is 0 Å². The van der Waals surface area contributed by atoms with Gasteiger partial charge in [-0.15, -0.1) is 0 Å². The summed E-state index contributed by atoms with van der Waals surface area (Å²) in [6.45, 7) is 6.55. The zero-order chi connectivity index (χ0) is 15.8. The van der Waals surface area contributed by atoms with Crippen LogP contribution >= 0.6 is 0 Å². The van der Waals surface area contributed by atoms with Gasteiger partial charge in [0.25, 0.3) is 0 Å². The first kappa shape index (κ1) is 16.7. The average molecular weight is 301 g/mol. The molecule has 1 unspecified atom stereocenters. The topological polar surface area (TPSA) is 63.9 Å². The van der Waals surface area contributed by atoms with Crippen LogP contribution in [0.1, 0.15) is 47.6 Å². The monoisotopic (exact) mass is 301 g/mol. The molecule has 2 aromatic rings. The smallest absolute Gasteiger partial charge is 0.0921 e. The first-order valence-electron chi connectivity index (χ1n) is 8.06. The fourth-order valence-electron chi connectivity index (χ4n) is 2.68. The average Bonchev–Trinajstić information content (AvgIpc) is 3.04. The Labute approximate surface area is 133 Å². The molecule has 0 bridgehead atoms. The van der Waals surface area contributed by atoms with E-state index in [0.29, 0.717) is 6.61 Å². The van der Waals surface area contributed by atoms with Crippen LogP contribution in [0, 0.1) is 13.8 Å². The molecule has 0 aliphatic carbocycles. The number of benzene rings is 1. The highest BCUT2D eigenvalue weighted by atomic mass is 16.5. The number of hydrogen-bond donors (Lipinski definition) is 2. The molecule has 120 valence electrons. The van der Waals surface area contributed by atoms with E-state index in [2.05, 4.69) is 42.0 Å². The van der Waals surface area contributed by atoms with Gasteiger partial charge in [0.2, 0.25) is 0 Å². The molecule has 22 heavy (non-hydrogen) atoms. The minimum Gasteiger partial charge on any atom is -0.380 e. The summed E-state index contributed by atoms with van der Waals surface area (Å²) in [5.74, 6) is 0.205. The number of aromatic amines is 1. The van der Waals surface area contributed by atoms with Crippen LogP contribution in [0.5, 0.6) is 0 Å². The Bertz CT molecular complexity index is 551. The van der Waals surface area contributed by atoms with E-state index in [1.54, 1.807) is 6.33 Å². The minimum atomic E-state index is 0.205. The Morgan fingerprint density at radius 3 is 2.82 bits per heavy atom. The van der Waals surface area contributed by atoms with Crippen LogP contribution in [0.4, 0.5) is 0 Å². The van der Waals surface area contributed by atoms with Crippen LogP contribution in [0.3, 0.4) is 0 Å². The van der Waals surface area contributed by atoms with Gasteiger partial charge in [0, 0.05) is 24.4 Å². The SMILES string of the molecule is Cc1cccc(C(COCCCCCN)c2cnc[nH]2)c1C. The van der Waals surface area contributed by atoms with Crippen molar-refractivity contribution >= 4 is 0 Å². The Morgan fingerprint density at radius 2 is 2.09 bits per heavy atom. The summed E-state index contributed by atoms with van der Waals surface area (Å²) in [6, 6.07) is 6.45. The zero-order valence-corrected chi connectivity index (χ0v) is 13.6. The maximum atomic E-state index is 5.93. The quantitative estimate of drug-likeness (QED) is 0.698. The molecule has 0 radical (unpaired) electrons. The molecule has 4 heteroatoms. The molecule has 0 aliphatic heterocycles. The standard InChI is InChI=1S/C18H27N3O/c1-14-7-6-8-16(15(14)2)17(18-11-20-13-21-18)12-22-10-5-3-4-9-19/h6-8,11,13,17H,3-5,9-10,12,19H2,1-2H3,(H,20,21). The van der Waals surface area contributed by atoms with E-state index >= 15 is 0 Å². The number of nitrogens with two attached hydrogens (primary N) is 1. The van der Waals surface area contributed by atoms with Crippen LogP contribution < -0.4 is 5.73 Å². The maximum absolute atomic E-state index is 5.93. The molecular weight excluding hydrogens is 274 g/mol. The van der Waals surface area contributed by atoms with E-state index in [0.717, 1.165) is 38.1 Å². The van der Waals surface area contributed by atoms with E-state index < -0.39 is 0 Å². The molecule has 0 saturated carbocycles. The zero-order valence-electron chi connectivity index (χ0n) is 13.6. The van der Waals surface area contributed by atoms with Crippen molar-refractivity contribution in [2.75, 3.05) is 19.8 Å². The number of unbranched alkanes of at least 4 members (excludes halogenated alkanes) is 2. The Hall–Kier alpha value is -1.65. The summed E-state index contributed by atoms with van der Waals surface area (Å²) in [5, 5.41) is 0. The predicted octanol–water partition coefficient (Wildman–Crippen LogP) is 3.30.